The molecule has 0 saturated carbocycles. The van der Waals surface area contributed by atoms with Crippen LogP contribution in [0.15, 0.2) is 48.5 Å². The number of nitrogens with one attached hydrogen (secondary N) is 2. The molecule has 0 spiro atoms. The van der Waals surface area contributed by atoms with E-state index in [0.29, 0.717) is 16.1 Å². The second-order valence-electron chi connectivity index (χ2n) is 6.60. The second-order valence-corrected chi connectivity index (χ2v) is 8.64. The highest BCUT2D eigenvalue weighted by Gasteiger charge is 2.33. The standard InChI is InChI=1S/C22H18ClF3N2O2S2/c1-3-30-20(29)18-17(13-7-5-4-6-8-13)12(2)32-19(18)28-21(31)27-14-9-10-16(23)15(11-14)22(24,25)26/h4-11H,3H2,1-2H3,(H2,27,28,31). The molecule has 0 aliphatic carbocycles. The number of esters is 1. The SMILES string of the molecule is CCOC(=O)c1c(NC(=S)Nc2ccc(Cl)c(C(F)(F)F)c2)sc(C)c1-c1ccccc1. The molecule has 32 heavy (non-hydrogen) atoms. The van der Waals surface area contributed by atoms with Crippen molar-refractivity contribution in [3.63, 3.8) is 0 Å². The van der Waals surface area contributed by atoms with Crippen LogP contribution in [-0.4, -0.2) is 17.7 Å². The number of aryl methyl sites for hydroxylation is 1. The minimum Gasteiger partial charge on any atom is -0.462 e. The van der Waals surface area contributed by atoms with Crippen LogP contribution in [0.3, 0.4) is 0 Å². The number of carbonyl (C=O) groups is 1. The van der Waals surface area contributed by atoms with Crippen LogP contribution in [0.25, 0.3) is 11.1 Å². The van der Waals surface area contributed by atoms with Crippen LogP contribution >= 0.6 is 35.2 Å². The predicted octanol–water partition coefficient (Wildman–Crippen LogP) is 7.38. The number of anilines is 2. The fourth-order valence-electron chi connectivity index (χ4n) is 3.07. The Morgan fingerprint density at radius 2 is 1.84 bits per heavy atom. The van der Waals surface area contributed by atoms with E-state index in [4.69, 9.17) is 28.6 Å². The number of alkyl halides is 3. The van der Waals surface area contributed by atoms with E-state index in [1.807, 2.05) is 37.3 Å². The Bertz CT molecular complexity index is 1150. The molecule has 0 saturated heterocycles. The van der Waals surface area contributed by atoms with Crippen molar-refractivity contribution >= 4 is 56.9 Å². The lowest BCUT2D eigenvalue weighted by molar-refractivity contribution is -0.137. The maximum Gasteiger partial charge on any atom is 0.417 e. The number of hydrogen-bond acceptors (Lipinski definition) is 4. The summed E-state index contributed by atoms with van der Waals surface area (Å²) in [5.41, 5.74) is 0.997. The van der Waals surface area contributed by atoms with E-state index in [1.165, 1.54) is 17.4 Å². The van der Waals surface area contributed by atoms with E-state index in [1.54, 1.807) is 6.92 Å². The quantitative estimate of drug-likeness (QED) is 0.284. The molecule has 168 valence electrons. The third-order valence-electron chi connectivity index (χ3n) is 4.38. The van der Waals surface area contributed by atoms with Crippen molar-refractivity contribution in [1.82, 2.24) is 0 Å². The number of halogens is 4. The van der Waals surface area contributed by atoms with Gasteiger partial charge in [-0.15, -0.1) is 11.3 Å². The largest absolute Gasteiger partial charge is 0.462 e. The number of hydrogen-bond donors (Lipinski definition) is 2. The first-order chi connectivity index (χ1) is 15.1. The summed E-state index contributed by atoms with van der Waals surface area (Å²) in [5.74, 6) is -0.521. The van der Waals surface area contributed by atoms with Crippen LogP contribution in [0.4, 0.5) is 23.9 Å². The van der Waals surface area contributed by atoms with Gasteiger partial charge in [0, 0.05) is 16.1 Å². The fraction of sp³-hybridized carbons (Fsp3) is 0.182. The highest BCUT2D eigenvalue weighted by Crippen LogP contribution is 2.41. The van der Waals surface area contributed by atoms with Gasteiger partial charge in [0.05, 0.1) is 17.2 Å². The van der Waals surface area contributed by atoms with Gasteiger partial charge in [-0.25, -0.2) is 4.79 Å². The molecule has 2 aromatic carbocycles. The van der Waals surface area contributed by atoms with Crippen molar-refractivity contribution in [2.45, 2.75) is 20.0 Å². The monoisotopic (exact) mass is 498 g/mol. The molecule has 0 aliphatic rings. The Kier molecular flexibility index (Phi) is 7.43. The summed E-state index contributed by atoms with van der Waals surface area (Å²) in [6.45, 7) is 3.76. The summed E-state index contributed by atoms with van der Waals surface area (Å²) < 4.78 is 44.6. The molecule has 2 N–H and O–H groups in total. The first kappa shape index (κ1) is 24.0. The van der Waals surface area contributed by atoms with Crippen LogP contribution in [0.1, 0.15) is 27.7 Å². The van der Waals surface area contributed by atoms with Crippen LogP contribution in [0.5, 0.6) is 0 Å². The summed E-state index contributed by atoms with van der Waals surface area (Å²) in [5, 5.41) is 5.68. The molecule has 10 heteroatoms. The Balaban J connectivity index is 1.92. The Labute approximate surface area is 197 Å². The molecule has 3 aromatic rings. The van der Waals surface area contributed by atoms with Crippen molar-refractivity contribution < 1.29 is 22.7 Å². The van der Waals surface area contributed by atoms with Gasteiger partial charge in [0.1, 0.15) is 10.6 Å². The Morgan fingerprint density at radius 1 is 1.16 bits per heavy atom. The maximum atomic E-state index is 13.1. The zero-order chi connectivity index (χ0) is 23.5. The molecule has 0 bridgehead atoms. The van der Waals surface area contributed by atoms with E-state index in [9.17, 15) is 18.0 Å². The minimum atomic E-state index is -4.60. The lowest BCUT2D eigenvalue weighted by atomic mass is 10.0. The van der Waals surface area contributed by atoms with Gasteiger partial charge in [-0.1, -0.05) is 41.9 Å². The van der Waals surface area contributed by atoms with Gasteiger partial charge >= 0.3 is 12.1 Å². The molecular formula is C22H18ClF3N2O2S2. The summed E-state index contributed by atoms with van der Waals surface area (Å²) in [6.07, 6.45) is -4.60. The zero-order valence-corrected chi connectivity index (χ0v) is 19.4. The van der Waals surface area contributed by atoms with Crippen molar-refractivity contribution in [1.29, 1.82) is 0 Å². The molecule has 0 atom stereocenters. The van der Waals surface area contributed by atoms with Crippen LogP contribution < -0.4 is 10.6 Å². The number of carbonyl (C=O) groups excluding carboxylic acids is 1. The van der Waals surface area contributed by atoms with Gasteiger partial charge < -0.3 is 15.4 Å². The van der Waals surface area contributed by atoms with E-state index < -0.39 is 22.7 Å². The van der Waals surface area contributed by atoms with Crippen LogP contribution in [0.2, 0.25) is 5.02 Å². The number of thiocarbonyl (C=S) groups is 1. The van der Waals surface area contributed by atoms with Crippen molar-refractivity contribution in [2.24, 2.45) is 0 Å². The summed E-state index contributed by atoms with van der Waals surface area (Å²) in [6, 6.07) is 12.7. The van der Waals surface area contributed by atoms with Gasteiger partial charge in [-0.2, -0.15) is 13.2 Å². The normalized spacial score (nSPS) is 11.2. The molecule has 0 aliphatic heterocycles. The summed E-state index contributed by atoms with van der Waals surface area (Å²) >= 11 is 12.2. The zero-order valence-electron chi connectivity index (χ0n) is 17.0. The first-order valence-electron chi connectivity index (χ1n) is 9.42. The average Bonchev–Trinajstić information content (AvgIpc) is 3.05. The molecule has 0 fully saturated rings. The lowest BCUT2D eigenvalue weighted by Crippen LogP contribution is -2.20. The third-order valence-corrected chi connectivity index (χ3v) is 5.94. The highest BCUT2D eigenvalue weighted by atomic mass is 35.5. The van der Waals surface area contributed by atoms with E-state index in [2.05, 4.69) is 10.6 Å². The van der Waals surface area contributed by atoms with Gasteiger partial charge in [-0.3, -0.25) is 0 Å². The summed E-state index contributed by atoms with van der Waals surface area (Å²) in [4.78, 5) is 13.6. The average molecular weight is 499 g/mol. The third kappa shape index (κ3) is 5.40. The molecule has 0 amide bonds. The van der Waals surface area contributed by atoms with Crippen molar-refractivity contribution in [3.8, 4) is 11.1 Å². The Hall–Kier alpha value is -2.62. The molecule has 4 nitrogen and oxygen atoms in total. The molecule has 3 rings (SSSR count). The smallest absolute Gasteiger partial charge is 0.417 e. The minimum absolute atomic E-state index is 0.0202. The first-order valence-corrected chi connectivity index (χ1v) is 11.0. The Morgan fingerprint density at radius 3 is 2.47 bits per heavy atom. The topological polar surface area (TPSA) is 50.4 Å². The van der Waals surface area contributed by atoms with Gasteiger partial charge in [0.25, 0.3) is 0 Å². The molecule has 0 radical (unpaired) electrons. The van der Waals surface area contributed by atoms with Crippen molar-refractivity contribution in [2.75, 3.05) is 17.2 Å². The fourth-order valence-corrected chi connectivity index (χ4v) is 4.65. The highest BCUT2D eigenvalue weighted by molar-refractivity contribution is 7.80. The van der Waals surface area contributed by atoms with Crippen LogP contribution in [-0.2, 0) is 10.9 Å². The number of rotatable bonds is 5. The summed E-state index contributed by atoms with van der Waals surface area (Å²) in [7, 11) is 0. The molecule has 1 aromatic heterocycles. The van der Waals surface area contributed by atoms with E-state index in [0.717, 1.165) is 22.6 Å². The maximum absolute atomic E-state index is 13.1. The number of ether oxygens (including phenoxy) is 1. The van der Waals surface area contributed by atoms with E-state index in [-0.39, 0.29) is 17.4 Å². The molecule has 0 unspecified atom stereocenters. The predicted molar refractivity (Wildman–Crippen MR) is 127 cm³/mol. The van der Waals surface area contributed by atoms with E-state index >= 15 is 0 Å². The van der Waals surface area contributed by atoms with Crippen molar-refractivity contribution in [3.05, 3.63) is 69.6 Å². The number of benzene rings is 2. The lowest BCUT2D eigenvalue weighted by Gasteiger charge is -2.14. The van der Waals surface area contributed by atoms with Gasteiger partial charge in [0.2, 0.25) is 0 Å². The number of thiophene rings is 1. The van der Waals surface area contributed by atoms with Gasteiger partial charge in [0.15, 0.2) is 5.11 Å². The molecule has 1 heterocycles. The van der Waals surface area contributed by atoms with Gasteiger partial charge in [-0.05, 0) is 49.8 Å². The van der Waals surface area contributed by atoms with Crippen LogP contribution in [0, 0.1) is 6.92 Å². The second kappa shape index (κ2) is 9.89. The molecular weight excluding hydrogens is 481 g/mol.